The second kappa shape index (κ2) is 7.78. The van der Waals surface area contributed by atoms with Crippen LogP contribution in [0.25, 0.3) is 5.69 Å². The van der Waals surface area contributed by atoms with Crippen molar-refractivity contribution < 1.29 is 4.79 Å². The summed E-state index contributed by atoms with van der Waals surface area (Å²) in [7, 11) is 0. The fourth-order valence-electron chi connectivity index (χ4n) is 3.55. The van der Waals surface area contributed by atoms with E-state index in [0.29, 0.717) is 5.92 Å². The van der Waals surface area contributed by atoms with Crippen LogP contribution in [0.15, 0.2) is 36.9 Å². The van der Waals surface area contributed by atoms with Gasteiger partial charge in [-0.25, -0.2) is 9.67 Å². The third-order valence-electron chi connectivity index (χ3n) is 4.87. The highest BCUT2D eigenvalue weighted by Gasteiger charge is 2.31. The van der Waals surface area contributed by atoms with E-state index in [-0.39, 0.29) is 18.0 Å². The van der Waals surface area contributed by atoms with E-state index in [1.165, 1.54) is 19.2 Å². The van der Waals surface area contributed by atoms with Gasteiger partial charge in [-0.05, 0) is 56.5 Å². The Morgan fingerprint density at radius 3 is 2.36 bits per heavy atom. The number of likely N-dealkylation sites (tertiary alicyclic amines) is 1. The number of carbonyl (C=O) groups excluding carboxylic acids is 1. The molecule has 2 aromatic rings. The molecule has 1 amide bonds. The molecule has 0 bridgehead atoms. The number of aromatic nitrogens is 3. The molecule has 2 heterocycles. The number of nitrogens with one attached hydrogen (secondary N) is 1. The number of rotatable bonds is 6. The van der Waals surface area contributed by atoms with Gasteiger partial charge in [-0.3, -0.25) is 9.69 Å². The molecule has 6 heteroatoms. The number of carbonyl (C=O) groups is 1. The van der Waals surface area contributed by atoms with Crippen molar-refractivity contribution in [2.45, 2.75) is 45.7 Å². The molecule has 3 rings (SSSR count). The number of nitrogens with zero attached hydrogens (tertiary/aromatic N) is 4. The molecule has 134 valence electrons. The van der Waals surface area contributed by atoms with Crippen molar-refractivity contribution in [3.05, 3.63) is 42.5 Å². The number of benzene rings is 1. The van der Waals surface area contributed by atoms with Crippen molar-refractivity contribution in [3.8, 4) is 5.69 Å². The van der Waals surface area contributed by atoms with Gasteiger partial charge in [0.15, 0.2) is 0 Å². The minimum absolute atomic E-state index is 0.0267. The quantitative estimate of drug-likeness (QED) is 0.877. The fraction of sp³-hybridized carbons (Fsp3) is 0.526. The van der Waals surface area contributed by atoms with E-state index in [0.717, 1.165) is 24.3 Å². The molecule has 1 fully saturated rings. The third-order valence-corrected chi connectivity index (χ3v) is 4.87. The molecule has 2 atom stereocenters. The van der Waals surface area contributed by atoms with Crippen molar-refractivity contribution in [2.75, 3.05) is 13.1 Å². The Bertz CT molecular complexity index is 674. The largest absolute Gasteiger partial charge is 0.348 e. The van der Waals surface area contributed by atoms with Gasteiger partial charge < -0.3 is 5.32 Å². The van der Waals surface area contributed by atoms with E-state index in [4.69, 9.17) is 0 Å². The molecule has 25 heavy (non-hydrogen) atoms. The van der Waals surface area contributed by atoms with Gasteiger partial charge in [0.25, 0.3) is 0 Å². The van der Waals surface area contributed by atoms with Gasteiger partial charge >= 0.3 is 0 Å². The van der Waals surface area contributed by atoms with Gasteiger partial charge in [-0.2, -0.15) is 5.10 Å². The van der Waals surface area contributed by atoms with Gasteiger partial charge in [0.05, 0.1) is 17.8 Å². The number of amides is 1. The molecule has 6 nitrogen and oxygen atoms in total. The molecular weight excluding hydrogens is 314 g/mol. The highest BCUT2D eigenvalue weighted by Crippen LogP contribution is 2.20. The molecule has 0 aliphatic carbocycles. The maximum absolute atomic E-state index is 12.8. The molecular formula is C19H27N5O. The molecule has 0 radical (unpaired) electrons. The summed E-state index contributed by atoms with van der Waals surface area (Å²) in [5.74, 6) is 0.435. The SMILES string of the molecule is CC(NC(=O)C(C(C)C)N1CCCC1)c1ccc(-n2cncn2)cc1. The topological polar surface area (TPSA) is 63.1 Å². The Balaban J connectivity index is 1.66. The first-order valence-corrected chi connectivity index (χ1v) is 9.05. The Labute approximate surface area is 149 Å². The predicted molar refractivity (Wildman–Crippen MR) is 97.3 cm³/mol. The zero-order valence-electron chi connectivity index (χ0n) is 15.2. The fourth-order valence-corrected chi connectivity index (χ4v) is 3.55. The van der Waals surface area contributed by atoms with Crippen LogP contribution in [0.1, 0.15) is 45.2 Å². The smallest absolute Gasteiger partial charge is 0.238 e. The predicted octanol–water partition coefficient (Wildman–Crippen LogP) is 2.56. The normalized spacial score (nSPS) is 17.6. The van der Waals surface area contributed by atoms with Gasteiger partial charge in [0, 0.05) is 0 Å². The van der Waals surface area contributed by atoms with Crippen molar-refractivity contribution in [2.24, 2.45) is 5.92 Å². The zero-order chi connectivity index (χ0) is 17.8. The van der Waals surface area contributed by atoms with Crippen LogP contribution in [-0.2, 0) is 4.79 Å². The average Bonchev–Trinajstić information content (AvgIpc) is 3.28. The number of hydrogen-bond donors (Lipinski definition) is 1. The van der Waals surface area contributed by atoms with Crippen LogP contribution in [0.4, 0.5) is 0 Å². The van der Waals surface area contributed by atoms with E-state index in [9.17, 15) is 4.79 Å². The van der Waals surface area contributed by atoms with E-state index in [2.05, 4.69) is 34.1 Å². The first kappa shape index (κ1) is 17.6. The van der Waals surface area contributed by atoms with Crippen LogP contribution in [0.2, 0.25) is 0 Å². The van der Waals surface area contributed by atoms with Gasteiger partial charge in [-0.1, -0.05) is 26.0 Å². The first-order valence-electron chi connectivity index (χ1n) is 9.05. The molecule has 1 aromatic heterocycles. The van der Waals surface area contributed by atoms with Crippen LogP contribution >= 0.6 is 0 Å². The summed E-state index contributed by atoms with van der Waals surface area (Å²) in [5, 5.41) is 7.32. The van der Waals surface area contributed by atoms with Crippen molar-refractivity contribution in [1.29, 1.82) is 0 Å². The van der Waals surface area contributed by atoms with Crippen LogP contribution < -0.4 is 5.32 Å². The molecule has 1 aliphatic heterocycles. The van der Waals surface area contributed by atoms with Crippen LogP contribution in [0, 0.1) is 5.92 Å². The second-order valence-corrected chi connectivity index (χ2v) is 7.09. The lowest BCUT2D eigenvalue weighted by Gasteiger charge is -2.30. The van der Waals surface area contributed by atoms with E-state index < -0.39 is 0 Å². The molecule has 1 N–H and O–H groups in total. The lowest BCUT2D eigenvalue weighted by Crippen LogP contribution is -2.49. The van der Waals surface area contributed by atoms with Crippen molar-refractivity contribution in [3.63, 3.8) is 0 Å². The van der Waals surface area contributed by atoms with E-state index in [1.807, 2.05) is 31.2 Å². The summed E-state index contributed by atoms with van der Waals surface area (Å²) in [4.78, 5) is 19.1. The van der Waals surface area contributed by atoms with Crippen LogP contribution in [0.5, 0.6) is 0 Å². The van der Waals surface area contributed by atoms with Crippen LogP contribution in [-0.4, -0.2) is 44.7 Å². The van der Waals surface area contributed by atoms with Crippen molar-refractivity contribution >= 4 is 5.91 Å². The Morgan fingerprint density at radius 2 is 1.80 bits per heavy atom. The van der Waals surface area contributed by atoms with Crippen molar-refractivity contribution in [1.82, 2.24) is 25.0 Å². The summed E-state index contributed by atoms with van der Waals surface area (Å²) in [6.07, 6.45) is 5.57. The molecule has 0 spiro atoms. The molecule has 1 aromatic carbocycles. The first-order chi connectivity index (χ1) is 12.1. The average molecular weight is 341 g/mol. The summed E-state index contributed by atoms with van der Waals surface area (Å²) in [6, 6.07) is 7.98. The van der Waals surface area contributed by atoms with Gasteiger partial charge in [0.2, 0.25) is 5.91 Å². The maximum Gasteiger partial charge on any atom is 0.238 e. The highest BCUT2D eigenvalue weighted by molar-refractivity contribution is 5.82. The highest BCUT2D eigenvalue weighted by atomic mass is 16.2. The Hall–Kier alpha value is -2.21. The van der Waals surface area contributed by atoms with Crippen LogP contribution in [0.3, 0.4) is 0 Å². The lowest BCUT2D eigenvalue weighted by atomic mass is 10.0. The van der Waals surface area contributed by atoms with Gasteiger partial charge in [-0.15, -0.1) is 0 Å². The third kappa shape index (κ3) is 4.07. The standard InChI is InChI=1S/C19H27N5O/c1-14(2)18(23-10-4-5-11-23)19(25)22-15(3)16-6-8-17(9-7-16)24-13-20-12-21-24/h6-9,12-15,18H,4-5,10-11H2,1-3H3,(H,22,25). The number of hydrogen-bond acceptors (Lipinski definition) is 4. The maximum atomic E-state index is 12.8. The monoisotopic (exact) mass is 341 g/mol. The molecule has 2 unspecified atom stereocenters. The summed E-state index contributed by atoms with van der Waals surface area (Å²) < 4.78 is 1.72. The second-order valence-electron chi connectivity index (χ2n) is 7.09. The molecule has 0 saturated carbocycles. The van der Waals surface area contributed by atoms with E-state index >= 15 is 0 Å². The van der Waals surface area contributed by atoms with E-state index in [1.54, 1.807) is 11.0 Å². The summed E-state index contributed by atoms with van der Waals surface area (Å²) in [5.41, 5.74) is 2.04. The van der Waals surface area contributed by atoms with Gasteiger partial charge in [0.1, 0.15) is 12.7 Å². The summed E-state index contributed by atoms with van der Waals surface area (Å²) >= 11 is 0. The minimum atomic E-state index is -0.0422. The Morgan fingerprint density at radius 1 is 1.12 bits per heavy atom. The minimum Gasteiger partial charge on any atom is -0.348 e. The lowest BCUT2D eigenvalue weighted by molar-refractivity contribution is -0.128. The molecule has 1 aliphatic rings. The zero-order valence-corrected chi connectivity index (χ0v) is 15.2. The molecule has 1 saturated heterocycles. The Kier molecular flexibility index (Phi) is 5.48. The summed E-state index contributed by atoms with van der Waals surface area (Å²) in [6.45, 7) is 8.33.